The quantitative estimate of drug-likeness (QED) is 0.856. The third-order valence-corrected chi connectivity index (χ3v) is 3.97. The van der Waals surface area contributed by atoms with Crippen molar-refractivity contribution < 1.29 is 4.79 Å². The lowest BCUT2D eigenvalue weighted by Crippen LogP contribution is -2.31. The number of nitrogens with zero attached hydrogens (tertiary/aromatic N) is 1. The number of rotatable bonds is 4. The molecule has 0 heterocycles. The van der Waals surface area contributed by atoms with Crippen LogP contribution in [-0.2, 0) is 6.54 Å². The molecular weight excluding hydrogens is 307 g/mol. The molecule has 0 saturated carbocycles. The minimum Gasteiger partial charge on any atom is -0.397 e. The van der Waals surface area contributed by atoms with Gasteiger partial charge in [-0.2, -0.15) is 0 Å². The van der Waals surface area contributed by atoms with Crippen LogP contribution in [0.3, 0.4) is 0 Å². The number of nitrogens with two attached hydrogens (primary N) is 1. The number of carbonyl (C=O) groups is 1. The summed E-state index contributed by atoms with van der Waals surface area (Å²) >= 11 is 12.1. The van der Waals surface area contributed by atoms with E-state index in [9.17, 15) is 4.79 Å². The Bertz CT molecular complexity index is 658. The fraction of sp³-hybridized carbons (Fsp3) is 0.188. The predicted molar refractivity (Wildman–Crippen MR) is 87.7 cm³/mol. The van der Waals surface area contributed by atoms with E-state index < -0.39 is 0 Å². The van der Waals surface area contributed by atoms with E-state index in [1.54, 1.807) is 23.1 Å². The molecule has 110 valence electrons. The van der Waals surface area contributed by atoms with E-state index in [0.29, 0.717) is 34.4 Å². The normalized spacial score (nSPS) is 10.4. The summed E-state index contributed by atoms with van der Waals surface area (Å²) in [7, 11) is 0. The Kier molecular flexibility index (Phi) is 5.10. The van der Waals surface area contributed by atoms with E-state index in [4.69, 9.17) is 28.9 Å². The second-order valence-corrected chi connectivity index (χ2v) is 5.43. The number of benzene rings is 2. The van der Waals surface area contributed by atoms with Crippen LogP contribution in [0.15, 0.2) is 42.5 Å². The molecule has 21 heavy (non-hydrogen) atoms. The number of halogens is 2. The van der Waals surface area contributed by atoms with Crippen LogP contribution in [0.2, 0.25) is 10.0 Å². The van der Waals surface area contributed by atoms with Gasteiger partial charge in [-0.1, -0.05) is 47.5 Å². The number of nitrogen functional groups attached to an aromatic ring is 1. The van der Waals surface area contributed by atoms with Crippen LogP contribution >= 0.6 is 23.2 Å². The average molecular weight is 323 g/mol. The Hall–Kier alpha value is -1.71. The van der Waals surface area contributed by atoms with E-state index >= 15 is 0 Å². The zero-order chi connectivity index (χ0) is 15.4. The summed E-state index contributed by atoms with van der Waals surface area (Å²) in [5, 5.41) is 1.03. The van der Waals surface area contributed by atoms with Crippen LogP contribution in [-0.4, -0.2) is 17.4 Å². The summed E-state index contributed by atoms with van der Waals surface area (Å²) in [6.45, 7) is 2.90. The fourth-order valence-electron chi connectivity index (χ4n) is 2.05. The summed E-state index contributed by atoms with van der Waals surface area (Å²) < 4.78 is 0. The first-order valence-corrected chi connectivity index (χ1v) is 7.36. The number of anilines is 1. The van der Waals surface area contributed by atoms with Gasteiger partial charge in [0.15, 0.2) is 0 Å². The maximum Gasteiger partial charge on any atom is 0.256 e. The van der Waals surface area contributed by atoms with Gasteiger partial charge >= 0.3 is 0 Å². The Balaban J connectivity index is 2.27. The SMILES string of the molecule is CCN(Cc1ccccc1Cl)C(=O)c1cccc(Cl)c1N. The Morgan fingerprint density at radius 3 is 2.43 bits per heavy atom. The standard InChI is InChI=1S/C16H16Cl2N2O/c1-2-20(10-11-6-3-4-8-13(11)17)16(21)12-7-5-9-14(18)15(12)19/h3-9H,2,10,19H2,1H3. The maximum absolute atomic E-state index is 12.6. The molecule has 0 aliphatic carbocycles. The first-order valence-electron chi connectivity index (χ1n) is 6.61. The van der Waals surface area contributed by atoms with Gasteiger partial charge in [-0.25, -0.2) is 0 Å². The van der Waals surface area contributed by atoms with E-state index in [0.717, 1.165) is 5.56 Å². The highest BCUT2D eigenvalue weighted by Gasteiger charge is 2.18. The number of carbonyl (C=O) groups excluding carboxylic acids is 1. The molecule has 0 bridgehead atoms. The summed E-state index contributed by atoms with van der Waals surface area (Å²) in [5.41, 5.74) is 7.51. The van der Waals surface area contributed by atoms with Crippen molar-refractivity contribution in [3.05, 3.63) is 63.6 Å². The van der Waals surface area contributed by atoms with Gasteiger partial charge in [0, 0.05) is 18.1 Å². The first kappa shape index (κ1) is 15.7. The highest BCUT2D eigenvalue weighted by molar-refractivity contribution is 6.34. The number of para-hydroxylation sites is 1. The van der Waals surface area contributed by atoms with Crippen molar-refractivity contribution in [1.29, 1.82) is 0 Å². The van der Waals surface area contributed by atoms with E-state index in [-0.39, 0.29) is 5.91 Å². The molecule has 2 rings (SSSR count). The van der Waals surface area contributed by atoms with Crippen LogP contribution in [0.1, 0.15) is 22.8 Å². The Labute approximate surface area is 134 Å². The smallest absolute Gasteiger partial charge is 0.256 e. The molecule has 2 aromatic carbocycles. The molecule has 1 amide bonds. The summed E-state index contributed by atoms with van der Waals surface area (Å²) in [6, 6.07) is 12.5. The molecular formula is C16H16Cl2N2O. The largest absolute Gasteiger partial charge is 0.397 e. The van der Waals surface area contributed by atoms with Crippen LogP contribution in [0.25, 0.3) is 0 Å². The lowest BCUT2D eigenvalue weighted by atomic mass is 10.1. The van der Waals surface area contributed by atoms with Gasteiger partial charge < -0.3 is 10.6 Å². The minimum atomic E-state index is -0.155. The van der Waals surface area contributed by atoms with Crippen LogP contribution < -0.4 is 5.73 Å². The van der Waals surface area contributed by atoms with Gasteiger partial charge in [0.05, 0.1) is 16.3 Å². The van der Waals surface area contributed by atoms with Crippen molar-refractivity contribution in [3.8, 4) is 0 Å². The van der Waals surface area contributed by atoms with Crippen LogP contribution in [0.4, 0.5) is 5.69 Å². The maximum atomic E-state index is 12.6. The molecule has 0 aliphatic heterocycles. The lowest BCUT2D eigenvalue weighted by Gasteiger charge is -2.22. The Morgan fingerprint density at radius 2 is 1.76 bits per heavy atom. The zero-order valence-electron chi connectivity index (χ0n) is 11.6. The monoisotopic (exact) mass is 322 g/mol. The molecule has 0 spiro atoms. The zero-order valence-corrected chi connectivity index (χ0v) is 13.2. The van der Waals surface area contributed by atoms with Crippen molar-refractivity contribution >= 4 is 34.8 Å². The van der Waals surface area contributed by atoms with Crippen molar-refractivity contribution in [2.24, 2.45) is 0 Å². The second-order valence-electron chi connectivity index (χ2n) is 4.61. The van der Waals surface area contributed by atoms with Gasteiger partial charge in [-0.3, -0.25) is 4.79 Å². The summed E-state index contributed by atoms with van der Waals surface area (Å²) in [5.74, 6) is -0.155. The summed E-state index contributed by atoms with van der Waals surface area (Å²) in [6.07, 6.45) is 0. The molecule has 5 heteroatoms. The van der Waals surface area contributed by atoms with Crippen molar-refractivity contribution in [1.82, 2.24) is 4.90 Å². The predicted octanol–water partition coefficient (Wildman–Crippen LogP) is 4.24. The molecule has 0 aliphatic rings. The molecule has 3 nitrogen and oxygen atoms in total. The van der Waals surface area contributed by atoms with E-state index in [1.807, 2.05) is 31.2 Å². The minimum absolute atomic E-state index is 0.155. The van der Waals surface area contributed by atoms with Gasteiger partial charge in [0.2, 0.25) is 0 Å². The second kappa shape index (κ2) is 6.83. The molecule has 0 aromatic heterocycles. The topological polar surface area (TPSA) is 46.3 Å². The molecule has 2 N–H and O–H groups in total. The Morgan fingerprint density at radius 1 is 1.10 bits per heavy atom. The molecule has 2 aromatic rings. The van der Waals surface area contributed by atoms with Gasteiger partial charge in [-0.15, -0.1) is 0 Å². The first-order chi connectivity index (χ1) is 10.0. The van der Waals surface area contributed by atoms with Crippen molar-refractivity contribution in [3.63, 3.8) is 0 Å². The highest BCUT2D eigenvalue weighted by Crippen LogP contribution is 2.25. The molecule has 0 fully saturated rings. The van der Waals surface area contributed by atoms with Gasteiger partial charge in [0.1, 0.15) is 0 Å². The van der Waals surface area contributed by atoms with E-state index in [2.05, 4.69) is 0 Å². The summed E-state index contributed by atoms with van der Waals surface area (Å²) in [4.78, 5) is 14.3. The van der Waals surface area contributed by atoms with Crippen molar-refractivity contribution in [2.45, 2.75) is 13.5 Å². The average Bonchev–Trinajstić information content (AvgIpc) is 2.48. The number of amides is 1. The van der Waals surface area contributed by atoms with Gasteiger partial charge in [0.25, 0.3) is 5.91 Å². The third kappa shape index (κ3) is 3.49. The lowest BCUT2D eigenvalue weighted by molar-refractivity contribution is 0.0753. The van der Waals surface area contributed by atoms with Gasteiger partial charge in [-0.05, 0) is 30.7 Å². The molecule has 0 unspecified atom stereocenters. The van der Waals surface area contributed by atoms with Crippen molar-refractivity contribution in [2.75, 3.05) is 12.3 Å². The molecule has 0 radical (unpaired) electrons. The molecule has 0 saturated heterocycles. The third-order valence-electron chi connectivity index (χ3n) is 3.27. The fourth-order valence-corrected chi connectivity index (χ4v) is 2.42. The highest BCUT2D eigenvalue weighted by atomic mass is 35.5. The van der Waals surface area contributed by atoms with Crippen LogP contribution in [0, 0.1) is 0 Å². The number of hydrogen-bond acceptors (Lipinski definition) is 2. The van der Waals surface area contributed by atoms with Crippen LogP contribution in [0.5, 0.6) is 0 Å². The van der Waals surface area contributed by atoms with E-state index in [1.165, 1.54) is 0 Å². The molecule has 0 atom stereocenters. The number of hydrogen-bond donors (Lipinski definition) is 1.